The lowest BCUT2D eigenvalue weighted by molar-refractivity contribution is 0.842. The highest BCUT2D eigenvalue weighted by molar-refractivity contribution is 7.11. The van der Waals surface area contributed by atoms with Crippen LogP contribution in [0.5, 0.6) is 0 Å². The molecule has 3 aromatic heterocycles. The van der Waals surface area contributed by atoms with Gasteiger partial charge in [-0.15, -0.1) is 16.4 Å². The Labute approximate surface area is 125 Å². The van der Waals surface area contributed by atoms with E-state index in [0.29, 0.717) is 11.0 Å². The Morgan fingerprint density at radius 1 is 1.45 bits per heavy atom. The van der Waals surface area contributed by atoms with Crippen LogP contribution in [0.4, 0.5) is 5.95 Å². The molecule has 5 nitrogen and oxygen atoms in total. The number of halogens is 1. The second-order valence-electron chi connectivity index (χ2n) is 4.47. The quantitative estimate of drug-likeness (QED) is 0.800. The molecule has 0 aliphatic heterocycles. The van der Waals surface area contributed by atoms with Crippen molar-refractivity contribution in [1.82, 2.24) is 19.6 Å². The van der Waals surface area contributed by atoms with E-state index in [4.69, 9.17) is 11.6 Å². The molecule has 3 aromatic rings. The Bertz CT molecular complexity index is 735. The summed E-state index contributed by atoms with van der Waals surface area (Å²) in [5, 5.41) is 9.29. The van der Waals surface area contributed by atoms with Crippen molar-refractivity contribution in [2.45, 2.75) is 26.3 Å². The molecule has 0 saturated carbocycles. The minimum absolute atomic E-state index is 0.0770. The molecule has 3 heterocycles. The van der Waals surface area contributed by atoms with Crippen molar-refractivity contribution in [1.29, 1.82) is 0 Å². The zero-order valence-electron chi connectivity index (χ0n) is 11.2. The fraction of sp³-hybridized carbons (Fsp3) is 0.308. The minimum Gasteiger partial charge on any atom is -0.344 e. The van der Waals surface area contributed by atoms with Gasteiger partial charge in [-0.25, -0.2) is 9.50 Å². The van der Waals surface area contributed by atoms with Crippen molar-refractivity contribution >= 4 is 34.5 Å². The van der Waals surface area contributed by atoms with Crippen LogP contribution < -0.4 is 5.32 Å². The fourth-order valence-electron chi connectivity index (χ4n) is 1.86. The summed E-state index contributed by atoms with van der Waals surface area (Å²) in [6, 6.07) is 3.71. The molecule has 0 aliphatic rings. The largest absolute Gasteiger partial charge is 0.344 e. The highest BCUT2D eigenvalue weighted by Gasteiger charge is 2.12. The van der Waals surface area contributed by atoms with E-state index in [1.165, 1.54) is 4.88 Å². The maximum absolute atomic E-state index is 5.93. The number of rotatable bonds is 4. The second kappa shape index (κ2) is 5.38. The number of nitrogens with one attached hydrogen (secondary N) is 1. The van der Waals surface area contributed by atoms with E-state index < -0.39 is 0 Å². The molecule has 1 N–H and O–H groups in total. The first-order chi connectivity index (χ1) is 9.65. The van der Waals surface area contributed by atoms with Gasteiger partial charge in [0, 0.05) is 17.3 Å². The van der Waals surface area contributed by atoms with Crippen molar-refractivity contribution in [3.63, 3.8) is 0 Å². The summed E-state index contributed by atoms with van der Waals surface area (Å²) in [6.45, 7) is 4.18. The van der Waals surface area contributed by atoms with Crippen LogP contribution in [0.25, 0.3) is 5.65 Å². The Kier molecular flexibility index (Phi) is 3.58. The first-order valence-corrected chi connectivity index (χ1v) is 7.58. The van der Waals surface area contributed by atoms with E-state index >= 15 is 0 Å². The van der Waals surface area contributed by atoms with Crippen LogP contribution in [0, 0.1) is 0 Å². The molecular formula is C13H14ClN5S. The molecule has 0 bridgehead atoms. The van der Waals surface area contributed by atoms with E-state index in [0.717, 1.165) is 17.1 Å². The summed E-state index contributed by atoms with van der Waals surface area (Å²) in [5.41, 5.74) is 0.762. The fourth-order valence-corrected chi connectivity index (χ4v) is 2.88. The van der Waals surface area contributed by atoms with Crippen LogP contribution in [0.3, 0.4) is 0 Å². The van der Waals surface area contributed by atoms with Gasteiger partial charge in [-0.2, -0.15) is 4.98 Å². The Balaban J connectivity index is 1.81. The first-order valence-electron chi connectivity index (χ1n) is 6.39. The molecule has 0 saturated heterocycles. The van der Waals surface area contributed by atoms with Crippen LogP contribution in [0.15, 0.2) is 24.5 Å². The van der Waals surface area contributed by atoms with Gasteiger partial charge in [0.2, 0.25) is 5.95 Å². The van der Waals surface area contributed by atoms with Crippen LogP contribution in [0.2, 0.25) is 5.02 Å². The molecule has 0 spiro atoms. The van der Waals surface area contributed by atoms with Crippen molar-refractivity contribution in [3.05, 3.63) is 39.4 Å². The zero-order chi connectivity index (χ0) is 14.1. The molecule has 1 unspecified atom stereocenters. The lowest BCUT2D eigenvalue weighted by Crippen LogP contribution is -2.07. The van der Waals surface area contributed by atoms with Gasteiger partial charge in [0.15, 0.2) is 5.65 Å². The number of nitrogens with zero attached hydrogens (tertiary/aromatic N) is 4. The van der Waals surface area contributed by atoms with Gasteiger partial charge in [-0.05, 0) is 25.5 Å². The summed E-state index contributed by atoms with van der Waals surface area (Å²) < 4.78 is 1.66. The van der Waals surface area contributed by atoms with Crippen molar-refractivity contribution in [2.24, 2.45) is 0 Å². The average Bonchev–Trinajstić information content (AvgIpc) is 3.03. The maximum atomic E-state index is 5.93. The van der Waals surface area contributed by atoms with Gasteiger partial charge in [0.1, 0.15) is 5.01 Å². The van der Waals surface area contributed by atoms with Gasteiger partial charge in [-0.1, -0.05) is 18.5 Å². The lowest BCUT2D eigenvalue weighted by Gasteiger charge is -2.08. The van der Waals surface area contributed by atoms with Gasteiger partial charge >= 0.3 is 0 Å². The Morgan fingerprint density at radius 2 is 2.30 bits per heavy atom. The van der Waals surface area contributed by atoms with Gasteiger partial charge in [-0.3, -0.25) is 0 Å². The highest BCUT2D eigenvalue weighted by Crippen LogP contribution is 2.23. The normalized spacial score (nSPS) is 12.8. The molecule has 0 radical (unpaired) electrons. The number of hydrogen-bond donors (Lipinski definition) is 1. The van der Waals surface area contributed by atoms with Crippen molar-refractivity contribution < 1.29 is 0 Å². The van der Waals surface area contributed by atoms with Crippen LogP contribution in [-0.2, 0) is 6.42 Å². The number of aromatic nitrogens is 4. The standard InChI is InChI=1S/C13H14ClN5S/c1-3-10-6-15-12(20-10)8(2)16-13-17-11-5-4-9(14)7-19(11)18-13/h4-8H,3H2,1-2H3,(H,16,18). The van der Waals surface area contributed by atoms with Crippen LogP contribution in [-0.4, -0.2) is 19.6 Å². The second-order valence-corrected chi connectivity index (χ2v) is 6.05. The van der Waals surface area contributed by atoms with Gasteiger partial charge in [0.25, 0.3) is 0 Å². The number of anilines is 1. The number of hydrogen-bond acceptors (Lipinski definition) is 5. The summed E-state index contributed by atoms with van der Waals surface area (Å²) in [4.78, 5) is 10.1. The molecule has 104 valence electrons. The Morgan fingerprint density at radius 3 is 3.05 bits per heavy atom. The minimum atomic E-state index is 0.0770. The number of aryl methyl sites for hydroxylation is 1. The SMILES string of the molecule is CCc1cnc(C(C)Nc2nc3ccc(Cl)cn3n2)s1. The monoisotopic (exact) mass is 307 g/mol. The zero-order valence-corrected chi connectivity index (χ0v) is 12.7. The molecule has 0 fully saturated rings. The van der Waals surface area contributed by atoms with E-state index in [-0.39, 0.29) is 6.04 Å². The summed E-state index contributed by atoms with van der Waals surface area (Å²) in [5.74, 6) is 0.577. The third kappa shape index (κ3) is 2.62. The first kappa shape index (κ1) is 13.3. The molecular weight excluding hydrogens is 294 g/mol. The summed E-state index contributed by atoms with van der Waals surface area (Å²) in [7, 11) is 0. The summed E-state index contributed by atoms with van der Waals surface area (Å²) in [6.07, 6.45) is 4.67. The maximum Gasteiger partial charge on any atom is 0.243 e. The molecule has 7 heteroatoms. The molecule has 1 atom stereocenters. The van der Waals surface area contributed by atoms with Crippen LogP contribution in [0.1, 0.15) is 29.8 Å². The number of pyridine rings is 1. The molecule has 0 aliphatic carbocycles. The third-order valence-corrected chi connectivity index (χ3v) is 4.48. The molecule has 20 heavy (non-hydrogen) atoms. The molecule has 0 aromatic carbocycles. The van der Waals surface area contributed by atoms with Crippen molar-refractivity contribution in [3.8, 4) is 0 Å². The predicted octanol–water partition coefficient (Wildman–Crippen LogP) is 3.57. The Hall–Kier alpha value is -1.66. The van der Waals surface area contributed by atoms with Crippen molar-refractivity contribution in [2.75, 3.05) is 5.32 Å². The highest BCUT2D eigenvalue weighted by atomic mass is 35.5. The van der Waals surface area contributed by atoms with Crippen LogP contribution >= 0.6 is 22.9 Å². The van der Waals surface area contributed by atoms with E-state index in [9.17, 15) is 0 Å². The molecule has 0 amide bonds. The number of thiazole rings is 1. The smallest absolute Gasteiger partial charge is 0.243 e. The van der Waals surface area contributed by atoms with Gasteiger partial charge in [0.05, 0.1) is 11.1 Å². The van der Waals surface area contributed by atoms with E-state index in [2.05, 4.69) is 34.2 Å². The average molecular weight is 308 g/mol. The summed E-state index contributed by atoms with van der Waals surface area (Å²) >= 11 is 7.64. The predicted molar refractivity (Wildman–Crippen MR) is 81.5 cm³/mol. The lowest BCUT2D eigenvalue weighted by atomic mass is 10.3. The topological polar surface area (TPSA) is 55.1 Å². The van der Waals surface area contributed by atoms with E-state index in [1.807, 2.05) is 12.3 Å². The number of fused-ring (bicyclic) bond motifs is 1. The molecule has 3 rings (SSSR count). The van der Waals surface area contributed by atoms with E-state index in [1.54, 1.807) is 28.1 Å². The van der Waals surface area contributed by atoms with Gasteiger partial charge < -0.3 is 5.32 Å². The third-order valence-electron chi connectivity index (χ3n) is 2.93.